The number of carbonyl (C=O) groups excluding carboxylic acids is 1. The summed E-state index contributed by atoms with van der Waals surface area (Å²) in [6, 6.07) is 0. The van der Waals surface area contributed by atoms with Crippen LogP contribution in [-0.4, -0.2) is 27.8 Å². The van der Waals surface area contributed by atoms with Crippen molar-refractivity contribution in [1.29, 1.82) is 0 Å². The lowest BCUT2D eigenvalue weighted by Crippen LogP contribution is -2.32. The molecule has 0 radical (unpaired) electrons. The predicted molar refractivity (Wildman–Crippen MR) is 53.8 cm³/mol. The van der Waals surface area contributed by atoms with Gasteiger partial charge in [0.25, 0.3) is 0 Å². The fraction of sp³-hybridized carbons (Fsp3) is 0.875. The topological polar surface area (TPSA) is 20.3 Å². The maximum Gasteiger partial charge on any atom is 0.226 e. The van der Waals surface area contributed by atoms with E-state index in [4.69, 9.17) is 0 Å². The van der Waals surface area contributed by atoms with Crippen LogP contribution in [0.2, 0.25) is 0 Å². The van der Waals surface area contributed by atoms with Crippen LogP contribution in [0.4, 0.5) is 0 Å². The molecular formula is C8H14INO. The number of hydrogen-bond acceptors (Lipinski definition) is 1. The van der Waals surface area contributed by atoms with Crippen LogP contribution in [0.5, 0.6) is 0 Å². The Labute approximate surface area is 81.5 Å². The second-order valence-electron chi connectivity index (χ2n) is 2.87. The molecule has 0 aliphatic heterocycles. The van der Waals surface area contributed by atoms with E-state index >= 15 is 0 Å². The van der Waals surface area contributed by atoms with Crippen LogP contribution >= 0.6 is 22.6 Å². The van der Waals surface area contributed by atoms with E-state index in [1.165, 1.54) is 0 Å². The third-order valence-corrected chi connectivity index (χ3v) is 3.48. The van der Waals surface area contributed by atoms with E-state index in [1.54, 1.807) is 0 Å². The van der Waals surface area contributed by atoms with Crippen molar-refractivity contribution >= 4 is 28.5 Å². The molecule has 0 saturated heterocycles. The lowest BCUT2D eigenvalue weighted by atomic mass is 10.3. The number of halogens is 1. The molecule has 64 valence electrons. The predicted octanol–water partition coefficient (Wildman–Crippen LogP) is 1.68. The molecular weight excluding hydrogens is 253 g/mol. The third-order valence-electron chi connectivity index (χ3n) is 2.10. The van der Waals surface area contributed by atoms with Crippen molar-refractivity contribution in [3.8, 4) is 0 Å². The molecule has 1 aliphatic rings. The lowest BCUT2D eigenvalue weighted by molar-refractivity contribution is -0.132. The Kier molecular flexibility index (Phi) is 3.16. The van der Waals surface area contributed by atoms with Crippen molar-refractivity contribution in [3.05, 3.63) is 0 Å². The van der Waals surface area contributed by atoms with Crippen molar-refractivity contribution in [3.63, 3.8) is 0 Å². The molecule has 1 saturated carbocycles. The second-order valence-corrected chi connectivity index (χ2v) is 4.47. The maximum atomic E-state index is 11.5. The lowest BCUT2D eigenvalue weighted by Gasteiger charge is -2.17. The van der Waals surface area contributed by atoms with Crippen molar-refractivity contribution < 1.29 is 4.79 Å². The van der Waals surface area contributed by atoms with Gasteiger partial charge in [-0.1, -0.05) is 22.6 Å². The van der Waals surface area contributed by atoms with Crippen molar-refractivity contribution in [2.24, 2.45) is 5.92 Å². The molecule has 3 heteroatoms. The van der Waals surface area contributed by atoms with Crippen LogP contribution in [0, 0.1) is 5.92 Å². The molecule has 2 atom stereocenters. The zero-order valence-corrected chi connectivity index (χ0v) is 9.17. The first-order valence-corrected chi connectivity index (χ1v) is 5.38. The molecule has 2 nitrogen and oxygen atoms in total. The minimum Gasteiger partial charge on any atom is -0.343 e. The average Bonchev–Trinajstić information content (AvgIpc) is 2.69. The molecule has 0 N–H and O–H groups in total. The van der Waals surface area contributed by atoms with E-state index in [1.807, 2.05) is 18.7 Å². The van der Waals surface area contributed by atoms with Gasteiger partial charge in [-0.2, -0.15) is 0 Å². The van der Waals surface area contributed by atoms with Gasteiger partial charge in [0.05, 0.1) is 5.92 Å². The molecule has 0 bridgehead atoms. The van der Waals surface area contributed by atoms with E-state index < -0.39 is 0 Å². The van der Waals surface area contributed by atoms with E-state index in [0.717, 1.165) is 19.5 Å². The molecule has 1 fully saturated rings. The smallest absolute Gasteiger partial charge is 0.226 e. The highest BCUT2D eigenvalue weighted by atomic mass is 127. The zero-order valence-electron chi connectivity index (χ0n) is 7.01. The van der Waals surface area contributed by atoms with Crippen LogP contribution in [0.3, 0.4) is 0 Å². The first kappa shape index (κ1) is 9.29. The first-order valence-electron chi connectivity index (χ1n) is 4.13. The van der Waals surface area contributed by atoms with Crippen LogP contribution in [-0.2, 0) is 4.79 Å². The normalized spacial score (nSPS) is 28.3. The van der Waals surface area contributed by atoms with Crippen molar-refractivity contribution in [2.45, 2.75) is 24.2 Å². The van der Waals surface area contributed by atoms with E-state index in [0.29, 0.717) is 15.7 Å². The highest BCUT2D eigenvalue weighted by Crippen LogP contribution is 2.39. The Balaban J connectivity index is 2.39. The molecule has 1 aliphatic carbocycles. The minimum atomic E-state index is 0.343. The van der Waals surface area contributed by atoms with E-state index in [9.17, 15) is 4.79 Å². The maximum absolute atomic E-state index is 11.5. The van der Waals surface area contributed by atoms with Crippen molar-refractivity contribution in [1.82, 2.24) is 4.90 Å². The van der Waals surface area contributed by atoms with Gasteiger partial charge in [0.1, 0.15) is 0 Å². The van der Waals surface area contributed by atoms with Gasteiger partial charge in [-0.25, -0.2) is 0 Å². The molecule has 1 rings (SSSR count). The molecule has 11 heavy (non-hydrogen) atoms. The average molecular weight is 267 g/mol. The molecule has 1 amide bonds. The fourth-order valence-corrected chi connectivity index (χ4v) is 2.04. The minimum absolute atomic E-state index is 0.343. The van der Waals surface area contributed by atoms with Gasteiger partial charge in [-0.3, -0.25) is 4.79 Å². The number of amides is 1. The molecule has 0 aromatic rings. The number of hydrogen-bond donors (Lipinski definition) is 0. The highest BCUT2D eigenvalue weighted by Gasteiger charge is 2.42. The summed E-state index contributed by atoms with van der Waals surface area (Å²) < 4.78 is 0.612. The molecule has 0 aromatic carbocycles. The SMILES string of the molecule is CCN(CC)C(=O)C1CC1I. The van der Waals surface area contributed by atoms with Gasteiger partial charge in [0.2, 0.25) is 5.91 Å². The standard InChI is InChI=1S/C8H14INO/c1-3-10(4-2)8(11)6-5-7(6)9/h6-7H,3-5H2,1-2H3. The van der Waals surface area contributed by atoms with Gasteiger partial charge in [-0.05, 0) is 20.3 Å². The van der Waals surface area contributed by atoms with Crippen LogP contribution in [0.15, 0.2) is 0 Å². The number of carbonyl (C=O) groups is 1. The van der Waals surface area contributed by atoms with E-state index in [-0.39, 0.29) is 0 Å². The summed E-state index contributed by atoms with van der Waals surface area (Å²) in [4.78, 5) is 13.4. The molecule has 0 heterocycles. The summed E-state index contributed by atoms with van der Waals surface area (Å²) in [5, 5.41) is 0. The Bertz CT molecular complexity index is 156. The van der Waals surface area contributed by atoms with Gasteiger partial charge >= 0.3 is 0 Å². The first-order chi connectivity index (χ1) is 5.20. The highest BCUT2D eigenvalue weighted by molar-refractivity contribution is 14.1. The van der Waals surface area contributed by atoms with E-state index in [2.05, 4.69) is 22.6 Å². The Hall–Kier alpha value is 0.200. The van der Waals surface area contributed by atoms with Crippen LogP contribution < -0.4 is 0 Å². The van der Waals surface area contributed by atoms with Gasteiger partial charge in [-0.15, -0.1) is 0 Å². The number of rotatable bonds is 3. The van der Waals surface area contributed by atoms with Crippen LogP contribution in [0.1, 0.15) is 20.3 Å². The zero-order chi connectivity index (χ0) is 8.43. The number of alkyl halides is 1. The number of nitrogens with zero attached hydrogens (tertiary/aromatic N) is 1. The summed E-state index contributed by atoms with van der Waals surface area (Å²) in [6.45, 7) is 5.78. The third kappa shape index (κ3) is 2.07. The Morgan fingerprint density at radius 1 is 1.55 bits per heavy atom. The van der Waals surface area contributed by atoms with Gasteiger partial charge < -0.3 is 4.90 Å². The molecule has 0 aromatic heterocycles. The van der Waals surface area contributed by atoms with Crippen LogP contribution in [0.25, 0.3) is 0 Å². The molecule has 0 spiro atoms. The Morgan fingerprint density at radius 2 is 2.00 bits per heavy atom. The second kappa shape index (κ2) is 3.74. The summed E-state index contributed by atoms with van der Waals surface area (Å²) >= 11 is 2.35. The Morgan fingerprint density at radius 3 is 2.27 bits per heavy atom. The largest absolute Gasteiger partial charge is 0.343 e. The summed E-state index contributed by atoms with van der Waals surface area (Å²) in [6.07, 6.45) is 1.09. The van der Waals surface area contributed by atoms with Gasteiger partial charge in [0.15, 0.2) is 0 Å². The monoisotopic (exact) mass is 267 g/mol. The fourth-order valence-electron chi connectivity index (χ4n) is 1.19. The van der Waals surface area contributed by atoms with Crippen molar-refractivity contribution in [2.75, 3.05) is 13.1 Å². The summed E-state index contributed by atoms with van der Waals surface area (Å²) in [7, 11) is 0. The van der Waals surface area contributed by atoms with Gasteiger partial charge in [0, 0.05) is 17.0 Å². The summed E-state index contributed by atoms with van der Waals surface area (Å²) in [5.41, 5.74) is 0. The quantitative estimate of drug-likeness (QED) is 0.562. The summed E-state index contributed by atoms with van der Waals surface area (Å²) in [5.74, 6) is 0.699. The molecule has 2 unspecified atom stereocenters.